The van der Waals surface area contributed by atoms with Crippen molar-refractivity contribution >= 4 is 16.7 Å². The number of pyridine rings is 3. The van der Waals surface area contributed by atoms with E-state index in [9.17, 15) is 4.79 Å². The van der Waals surface area contributed by atoms with Crippen molar-refractivity contribution in [3.63, 3.8) is 0 Å². The van der Waals surface area contributed by atoms with Gasteiger partial charge in [-0.05, 0) is 63.9 Å². The highest BCUT2D eigenvalue weighted by atomic mass is 16.5. The van der Waals surface area contributed by atoms with Gasteiger partial charge in [0.1, 0.15) is 0 Å². The molecule has 4 aromatic rings. The molecule has 0 aliphatic rings. The average Bonchev–Trinajstić information content (AvgIpc) is 3.12. The fraction of sp³-hybridized carbons (Fsp3) is 0.370. The van der Waals surface area contributed by atoms with E-state index in [4.69, 9.17) is 9.72 Å². The van der Waals surface area contributed by atoms with Crippen molar-refractivity contribution in [1.82, 2.24) is 19.1 Å². The lowest BCUT2D eigenvalue weighted by molar-refractivity contribution is 0.328. The molecule has 178 valence electrons. The molecule has 7 heteroatoms. The van der Waals surface area contributed by atoms with Crippen molar-refractivity contribution in [3.05, 3.63) is 69.9 Å². The molecule has 0 fully saturated rings. The number of fused-ring (bicyclic) bond motifs is 1. The highest BCUT2D eigenvalue weighted by molar-refractivity contribution is 5.95. The summed E-state index contributed by atoms with van der Waals surface area (Å²) in [5.74, 6) is 0.566. The van der Waals surface area contributed by atoms with Crippen LogP contribution in [-0.4, -0.2) is 25.7 Å². The smallest absolute Gasteiger partial charge is 0.255 e. The van der Waals surface area contributed by atoms with Crippen LogP contribution in [0.15, 0.2) is 47.5 Å². The minimum atomic E-state index is -0.00363. The Bertz CT molecular complexity index is 1380. The normalized spacial score (nSPS) is 11.4. The molecular weight excluding hydrogens is 426 g/mol. The third kappa shape index (κ3) is 4.18. The van der Waals surface area contributed by atoms with E-state index in [1.165, 1.54) is 11.3 Å². The standard InChI is InChI=1S/C27H33N5O2/c1-7-23-18(5)24-25(32(23)17(3)4)22(29-16-19-11-10-14-31(6)27(19)33)15-21(30-24)20-12-9-13-28-26(20)34-8-2/h9-15,17H,7-8,16H2,1-6H3,(H,29,30). The fourth-order valence-electron chi connectivity index (χ4n) is 4.59. The molecular formula is C27H33N5O2. The first-order chi connectivity index (χ1) is 16.4. The molecule has 0 saturated heterocycles. The van der Waals surface area contributed by atoms with Crippen molar-refractivity contribution in [3.8, 4) is 17.1 Å². The number of rotatable bonds is 8. The van der Waals surface area contributed by atoms with Gasteiger partial charge in [-0.25, -0.2) is 9.97 Å². The highest BCUT2D eigenvalue weighted by Gasteiger charge is 2.22. The molecule has 0 aliphatic carbocycles. The Balaban J connectivity index is 1.94. The number of nitrogens with one attached hydrogen (secondary N) is 1. The lowest BCUT2D eigenvalue weighted by Crippen LogP contribution is -2.22. The summed E-state index contributed by atoms with van der Waals surface area (Å²) in [6.45, 7) is 11.6. The van der Waals surface area contributed by atoms with Gasteiger partial charge in [0.05, 0.1) is 34.6 Å². The summed E-state index contributed by atoms with van der Waals surface area (Å²) in [5, 5.41) is 3.56. The van der Waals surface area contributed by atoms with Gasteiger partial charge in [-0.2, -0.15) is 0 Å². The lowest BCUT2D eigenvalue weighted by Gasteiger charge is -2.18. The quantitative estimate of drug-likeness (QED) is 0.389. The van der Waals surface area contributed by atoms with Gasteiger partial charge in [-0.1, -0.05) is 13.0 Å². The monoisotopic (exact) mass is 459 g/mol. The van der Waals surface area contributed by atoms with Crippen LogP contribution in [0.3, 0.4) is 0 Å². The molecule has 4 aromatic heterocycles. The predicted octanol–water partition coefficient (Wildman–Crippen LogP) is 5.26. The summed E-state index contributed by atoms with van der Waals surface area (Å²) >= 11 is 0. The zero-order valence-electron chi connectivity index (χ0n) is 20.8. The summed E-state index contributed by atoms with van der Waals surface area (Å²) in [4.78, 5) is 22.1. The maximum atomic E-state index is 12.6. The number of hydrogen-bond acceptors (Lipinski definition) is 5. The zero-order chi connectivity index (χ0) is 24.4. The molecule has 0 spiro atoms. The van der Waals surface area contributed by atoms with Gasteiger partial charge < -0.3 is 19.2 Å². The fourth-order valence-corrected chi connectivity index (χ4v) is 4.59. The number of aromatic nitrogens is 4. The number of nitrogens with zero attached hydrogens (tertiary/aromatic N) is 4. The Morgan fingerprint density at radius 1 is 1.18 bits per heavy atom. The molecule has 0 unspecified atom stereocenters. The molecule has 7 nitrogen and oxygen atoms in total. The maximum absolute atomic E-state index is 12.6. The molecule has 0 amide bonds. The van der Waals surface area contributed by atoms with E-state index in [2.05, 4.69) is 42.6 Å². The second-order valence-corrected chi connectivity index (χ2v) is 8.73. The number of aryl methyl sites for hydroxylation is 2. The molecule has 0 aromatic carbocycles. The largest absolute Gasteiger partial charge is 0.477 e. The van der Waals surface area contributed by atoms with Crippen LogP contribution in [0.1, 0.15) is 50.6 Å². The van der Waals surface area contributed by atoms with E-state index in [1.54, 1.807) is 24.0 Å². The highest BCUT2D eigenvalue weighted by Crippen LogP contribution is 2.37. The third-order valence-electron chi connectivity index (χ3n) is 6.16. The Morgan fingerprint density at radius 2 is 1.97 bits per heavy atom. The summed E-state index contributed by atoms with van der Waals surface area (Å²) < 4.78 is 9.76. The number of hydrogen-bond donors (Lipinski definition) is 1. The van der Waals surface area contributed by atoms with Crippen LogP contribution in [0.4, 0.5) is 5.69 Å². The molecule has 0 atom stereocenters. The van der Waals surface area contributed by atoms with Crippen molar-refractivity contribution < 1.29 is 4.74 Å². The van der Waals surface area contributed by atoms with Crippen LogP contribution in [0.25, 0.3) is 22.3 Å². The molecule has 34 heavy (non-hydrogen) atoms. The maximum Gasteiger partial charge on any atom is 0.255 e. The molecule has 1 N–H and O–H groups in total. The van der Waals surface area contributed by atoms with E-state index < -0.39 is 0 Å². The van der Waals surface area contributed by atoms with Gasteiger partial charge in [0.15, 0.2) is 0 Å². The van der Waals surface area contributed by atoms with Crippen LogP contribution in [0, 0.1) is 6.92 Å². The van der Waals surface area contributed by atoms with Crippen LogP contribution in [0.2, 0.25) is 0 Å². The Hall–Kier alpha value is -3.61. The molecule has 0 bridgehead atoms. The predicted molar refractivity (Wildman–Crippen MR) is 138 cm³/mol. The molecule has 0 saturated carbocycles. The first kappa shape index (κ1) is 23.5. The topological polar surface area (TPSA) is 74.0 Å². The molecule has 4 rings (SSSR count). The number of ether oxygens (including phenoxy) is 1. The second-order valence-electron chi connectivity index (χ2n) is 8.73. The molecule has 4 heterocycles. The molecule has 0 radical (unpaired) electrons. The molecule has 0 aliphatic heterocycles. The van der Waals surface area contributed by atoms with Crippen molar-refractivity contribution in [2.24, 2.45) is 7.05 Å². The van der Waals surface area contributed by atoms with Crippen LogP contribution in [-0.2, 0) is 20.0 Å². The summed E-state index contributed by atoms with van der Waals surface area (Å²) in [6.07, 6.45) is 4.41. The van der Waals surface area contributed by atoms with E-state index in [0.29, 0.717) is 24.6 Å². The van der Waals surface area contributed by atoms with E-state index in [1.807, 2.05) is 37.3 Å². The average molecular weight is 460 g/mol. The summed E-state index contributed by atoms with van der Waals surface area (Å²) in [5.41, 5.74) is 7.74. The Labute approximate surface area is 200 Å². The van der Waals surface area contributed by atoms with Crippen LogP contribution < -0.4 is 15.6 Å². The SMILES string of the molecule is CCOc1ncccc1-c1cc(NCc2cccn(C)c2=O)c2c(n1)c(C)c(CC)n2C(C)C. The number of anilines is 1. The van der Waals surface area contributed by atoms with Crippen molar-refractivity contribution in [2.45, 2.75) is 53.6 Å². The van der Waals surface area contributed by atoms with Gasteiger partial charge >= 0.3 is 0 Å². The lowest BCUT2D eigenvalue weighted by atomic mass is 10.1. The van der Waals surface area contributed by atoms with E-state index in [0.717, 1.165) is 34.4 Å². The van der Waals surface area contributed by atoms with Crippen LogP contribution >= 0.6 is 0 Å². The third-order valence-corrected chi connectivity index (χ3v) is 6.16. The minimum Gasteiger partial charge on any atom is -0.477 e. The van der Waals surface area contributed by atoms with Gasteiger partial charge in [0.25, 0.3) is 5.56 Å². The van der Waals surface area contributed by atoms with Crippen molar-refractivity contribution in [2.75, 3.05) is 11.9 Å². The van der Waals surface area contributed by atoms with Gasteiger partial charge in [0.2, 0.25) is 5.88 Å². The summed E-state index contributed by atoms with van der Waals surface area (Å²) in [6, 6.07) is 9.96. The van der Waals surface area contributed by atoms with Crippen LogP contribution in [0.5, 0.6) is 5.88 Å². The van der Waals surface area contributed by atoms with E-state index in [-0.39, 0.29) is 11.6 Å². The Morgan fingerprint density at radius 3 is 2.68 bits per heavy atom. The Kier molecular flexibility index (Phi) is 6.72. The zero-order valence-corrected chi connectivity index (χ0v) is 20.8. The van der Waals surface area contributed by atoms with Gasteiger partial charge in [-0.15, -0.1) is 0 Å². The first-order valence-corrected chi connectivity index (χ1v) is 11.9. The van der Waals surface area contributed by atoms with Gasteiger partial charge in [-0.3, -0.25) is 4.79 Å². The van der Waals surface area contributed by atoms with Crippen molar-refractivity contribution in [1.29, 1.82) is 0 Å². The second kappa shape index (κ2) is 9.71. The summed E-state index contributed by atoms with van der Waals surface area (Å²) in [7, 11) is 1.77. The first-order valence-electron chi connectivity index (χ1n) is 11.9. The van der Waals surface area contributed by atoms with Gasteiger partial charge in [0, 0.05) is 43.3 Å². The minimum absolute atomic E-state index is 0.00363. The van der Waals surface area contributed by atoms with E-state index >= 15 is 0 Å².